The predicted octanol–water partition coefficient (Wildman–Crippen LogP) is 2.95. The normalized spacial score (nSPS) is 15.8. The highest BCUT2D eigenvalue weighted by molar-refractivity contribution is 7.92. The fraction of sp³-hybridized carbons (Fsp3) is 0.455. The van der Waals surface area contributed by atoms with Crippen LogP contribution in [0, 0.1) is 5.92 Å². The number of amides is 1. The Morgan fingerprint density at radius 3 is 2.68 bits per heavy atom. The molecule has 8 nitrogen and oxygen atoms in total. The maximum atomic E-state index is 13.0. The first-order chi connectivity index (χ1) is 14.9. The second-order valence-corrected chi connectivity index (χ2v) is 9.46. The van der Waals surface area contributed by atoms with Crippen LogP contribution in [0.5, 0.6) is 5.75 Å². The summed E-state index contributed by atoms with van der Waals surface area (Å²) in [4.78, 5) is 16.7. The van der Waals surface area contributed by atoms with Crippen molar-refractivity contribution in [2.45, 2.75) is 49.5 Å². The van der Waals surface area contributed by atoms with E-state index >= 15 is 0 Å². The van der Waals surface area contributed by atoms with Gasteiger partial charge in [0.25, 0.3) is 15.9 Å². The van der Waals surface area contributed by atoms with E-state index in [1.165, 1.54) is 57.0 Å². The maximum Gasteiger partial charge on any atom is 0.262 e. The van der Waals surface area contributed by atoms with Crippen molar-refractivity contribution < 1.29 is 23.1 Å². The van der Waals surface area contributed by atoms with Crippen LogP contribution >= 0.6 is 0 Å². The van der Waals surface area contributed by atoms with Crippen molar-refractivity contribution in [1.82, 2.24) is 10.3 Å². The average molecular weight is 448 g/mol. The third kappa shape index (κ3) is 6.18. The van der Waals surface area contributed by atoms with Gasteiger partial charge < -0.3 is 15.2 Å². The molecule has 31 heavy (non-hydrogen) atoms. The van der Waals surface area contributed by atoms with Crippen LogP contribution in [0.4, 0.5) is 5.69 Å². The van der Waals surface area contributed by atoms with Crippen molar-refractivity contribution >= 4 is 21.6 Å². The Bertz CT molecular complexity index is 990. The van der Waals surface area contributed by atoms with E-state index in [1.54, 1.807) is 12.1 Å². The molecule has 3 N–H and O–H groups in total. The minimum atomic E-state index is -4.05. The Hall–Kier alpha value is -2.65. The number of carbonyl (C=O) groups is 1. The molecule has 1 saturated carbocycles. The number of rotatable bonds is 9. The van der Waals surface area contributed by atoms with Gasteiger partial charge in [0.15, 0.2) is 0 Å². The van der Waals surface area contributed by atoms with Gasteiger partial charge in [0.05, 0.1) is 43.4 Å². The van der Waals surface area contributed by atoms with Gasteiger partial charge in [-0.05, 0) is 24.5 Å². The quantitative estimate of drug-likeness (QED) is 0.544. The number of ether oxygens (including phenoxy) is 1. The third-order valence-corrected chi connectivity index (χ3v) is 6.96. The molecule has 9 heteroatoms. The molecule has 0 spiro atoms. The number of anilines is 1. The van der Waals surface area contributed by atoms with Crippen LogP contribution in [0.25, 0.3) is 0 Å². The SMILES string of the molecule is COc1cncc(NS(=O)(=O)c2ccccc2C(=O)N[C@H](CO)CC2CCCCC2)c1. The number of nitrogens with zero attached hydrogens (tertiary/aromatic N) is 1. The average Bonchev–Trinajstić information content (AvgIpc) is 2.79. The minimum absolute atomic E-state index is 0.0212. The molecule has 1 fully saturated rings. The Balaban J connectivity index is 1.77. The fourth-order valence-corrected chi connectivity index (χ4v) is 5.19. The Morgan fingerprint density at radius 2 is 1.97 bits per heavy atom. The van der Waals surface area contributed by atoms with Crippen LogP contribution in [-0.4, -0.2) is 44.2 Å². The van der Waals surface area contributed by atoms with Crippen molar-refractivity contribution in [3.63, 3.8) is 0 Å². The highest BCUT2D eigenvalue weighted by Gasteiger charge is 2.25. The van der Waals surface area contributed by atoms with Crippen molar-refractivity contribution in [3.05, 3.63) is 48.3 Å². The van der Waals surface area contributed by atoms with E-state index in [0.717, 1.165) is 12.8 Å². The van der Waals surface area contributed by atoms with E-state index in [9.17, 15) is 18.3 Å². The largest absolute Gasteiger partial charge is 0.495 e. The summed E-state index contributed by atoms with van der Waals surface area (Å²) in [5, 5.41) is 12.6. The molecular formula is C22H29N3O5S. The summed E-state index contributed by atoms with van der Waals surface area (Å²) >= 11 is 0. The number of aromatic nitrogens is 1. The van der Waals surface area contributed by atoms with Gasteiger partial charge in [0.1, 0.15) is 10.6 Å². The van der Waals surface area contributed by atoms with Crippen molar-refractivity contribution in [2.24, 2.45) is 5.92 Å². The number of sulfonamides is 1. The summed E-state index contributed by atoms with van der Waals surface area (Å²) in [5.74, 6) is 0.340. The van der Waals surface area contributed by atoms with Crippen LogP contribution < -0.4 is 14.8 Å². The first kappa shape index (κ1) is 23.0. The van der Waals surface area contributed by atoms with Gasteiger partial charge in [-0.25, -0.2) is 8.42 Å². The predicted molar refractivity (Wildman–Crippen MR) is 118 cm³/mol. The monoisotopic (exact) mass is 447 g/mol. The summed E-state index contributed by atoms with van der Waals surface area (Å²) in [5.41, 5.74) is 0.244. The molecule has 1 atom stereocenters. The number of pyridine rings is 1. The molecule has 3 rings (SSSR count). The van der Waals surface area contributed by atoms with Crippen LogP contribution in [0.3, 0.4) is 0 Å². The number of aliphatic hydroxyl groups is 1. The number of carbonyl (C=O) groups excluding carboxylic acids is 1. The summed E-state index contributed by atoms with van der Waals surface area (Å²) in [6.45, 7) is -0.190. The molecule has 168 valence electrons. The molecular weight excluding hydrogens is 418 g/mol. The number of benzene rings is 1. The van der Waals surface area contributed by atoms with Gasteiger partial charge in [-0.15, -0.1) is 0 Å². The van der Waals surface area contributed by atoms with Gasteiger partial charge in [-0.1, -0.05) is 44.2 Å². The van der Waals surface area contributed by atoms with E-state index in [2.05, 4.69) is 15.0 Å². The molecule has 1 aliphatic carbocycles. The summed E-state index contributed by atoms with van der Waals surface area (Å²) in [6.07, 6.45) is 9.25. The topological polar surface area (TPSA) is 118 Å². The van der Waals surface area contributed by atoms with Crippen LogP contribution in [0.15, 0.2) is 47.6 Å². The molecule has 0 saturated heterocycles. The molecule has 1 amide bonds. The number of hydrogen-bond acceptors (Lipinski definition) is 6. The fourth-order valence-electron chi connectivity index (χ4n) is 3.95. The summed E-state index contributed by atoms with van der Waals surface area (Å²) in [6, 6.07) is 7.08. The number of methoxy groups -OCH3 is 1. The molecule has 0 radical (unpaired) electrons. The highest BCUT2D eigenvalue weighted by Crippen LogP contribution is 2.27. The van der Waals surface area contributed by atoms with E-state index in [-0.39, 0.29) is 22.8 Å². The van der Waals surface area contributed by atoms with Gasteiger partial charge in [0.2, 0.25) is 0 Å². The first-order valence-corrected chi connectivity index (χ1v) is 11.9. The zero-order valence-electron chi connectivity index (χ0n) is 17.6. The lowest BCUT2D eigenvalue weighted by atomic mass is 9.85. The van der Waals surface area contributed by atoms with Gasteiger partial charge in [-0.2, -0.15) is 0 Å². The lowest BCUT2D eigenvalue weighted by molar-refractivity contribution is 0.0898. The van der Waals surface area contributed by atoms with Crippen LogP contribution in [0.1, 0.15) is 48.9 Å². The molecule has 0 bridgehead atoms. The molecule has 1 aromatic carbocycles. The standard InChI is InChI=1S/C22H29N3O5S/c1-30-19-12-17(13-23-14-19)25-31(28,29)21-10-6-5-9-20(21)22(27)24-18(15-26)11-16-7-3-2-4-8-16/h5-6,9-10,12-14,16,18,25-26H,2-4,7-8,11,15H2,1H3,(H,24,27)/t18-/m0/s1. The second-order valence-electron chi connectivity index (χ2n) is 7.81. The van der Waals surface area contributed by atoms with Crippen LogP contribution in [0.2, 0.25) is 0 Å². The smallest absolute Gasteiger partial charge is 0.262 e. The zero-order chi connectivity index (χ0) is 22.3. The van der Waals surface area contributed by atoms with E-state index in [0.29, 0.717) is 18.1 Å². The molecule has 0 aliphatic heterocycles. The highest BCUT2D eigenvalue weighted by atomic mass is 32.2. The summed E-state index contributed by atoms with van der Waals surface area (Å²) in [7, 11) is -2.59. The lowest BCUT2D eigenvalue weighted by Gasteiger charge is -2.26. The van der Waals surface area contributed by atoms with E-state index < -0.39 is 22.0 Å². The Morgan fingerprint density at radius 1 is 1.23 bits per heavy atom. The summed E-state index contributed by atoms with van der Waals surface area (Å²) < 4.78 is 33.5. The Kier molecular flexibility index (Phi) is 7.86. The van der Waals surface area contributed by atoms with E-state index in [4.69, 9.17) is 4.74 Å². The lowest BCUT2D eigenvalue weighted by Crippen LogP contribution is -2.39. The van der Waals surface area contributed by atoms with Gasteiger partial charge in [-0.3, -0.25) is 14.5 Å². The second kappa shape index (κ2) is 10.6. The molecule has 1 aliphatic rings. The van der Waals surface area contributed by atoms with Crippen molar-refractivity contribution in [3.8, 4) is 5.75 Å². The Labute approximate surface area is 183 Å². The number of nitrogens with one attached hydrogen (secondary N) is 2. The first-order valence-electron chi connectivity index (χ1n) is 10.5. The van der Waals surface area contributed by atoms with Gasteiger partial charge >= 0.3 is 0 Å². The number of hydrogen-bond donors (Lipinski definition) is 3. The maximum absolute atomic E-state index is 13.0. The van der Waals surface area contributed by atoms with Crippen molar-refractivity contribution in [1.29, 1.82) is 0 Å². The van der Waals surface area contributed by atoms with E-state index in [1.807, 2.05) is 0 Å². The van der Waals surface area contributed by atoms with Gasteiger partial charge in [0, 0.05) is 6.07 Å². The minimum Gasteiger partial charge on any atom is -0.495 e. The zero-order valence-corrected chi connectivity index (χ0v) is 18.4. The molecule has 2 aromatic rings. The molecule has 1 aromatic heterocycles. The van der Waals surface area contributed by atoms with Crippen molar-refractivity contribution in [2.75, 3.05) is 18.4 Å². The molecule has 1 heterocycles. The third-order valence-electron chi connectivity index (χ3n) is 5.52. The number of aliphatic hydroxyl groups excluding tert-OH is 1. The molecule has 0 unspecified atom stereocenters. The van der Waals surface area contributed by atoms with Crippen LogP contribution in [-0.2, 0) is 10.0 Å².